The first-order valence-electron chi connectivity index (χ1n) is 10.9. The van der Waals surface area contributed by atoms with E-state index in [1.807, 2.05) is 58.0 Å². The van der Waals surface area contributed by atoms with E-state index in [1.54, 1.807) is 36.4 Å². The Kier molecular flexibility index (Phi) is 7.76. The molecular weight excluding hydrogens is 436 g/mol. The summed E-state index contributed by atoms with van der Waals surface area (Å²) in [5.41, 5.74) is 4.02. The van der Waals surface area contributed by atoms with Crippen molar-refractivity contribution < 1.29 is 17.9 Å². The number of nitrogens with zero attached hydrogens (tertiary/aromatic N) is 1. The topological polar surface area (TPSA) is 75.7 Å². The molecule has 3 aromatic rings. The summed E-state index contributed by atoms with van der Waals surface area (Å²) >= 11 is 0. The molecule has 7 heteroatoms. The predicted octanol–water partition coefficient (Wildman–Crippen LogP) is 4.52. The Labute approximate surface area is 196 Å². The molecule has 0 fully saturated rings. The maximum Gasteiger partial charge on any atom is 0.264 e. The van der Waals surface area contributed by atoms with E-state index in [0.29, 0.717) is 18.0 Å². The molecule has 33 heavy (non-hydrogen) atoms. The standard InChI is InChI=1S/C26H30N2O4S/c1-5-32-25-12-7-6-10-22(25)17-27-26(29)18-28(24-11-8-9-20(3)21(24)4)33(30,31)23-15-13-19(2)14-16-23/h6-16H,5,17-18H2,1-4H3,(H,27,29). The number of carbonyl (C=O) groups excluding carboxylic acids is 1. The molecule has 0 aromatic heterocycles. The van der Waals surface area contributed by atoms with Crippen LogP contribution in [-0.2, 0) is 21.4 Å². The normalized spacial score (nSPS) is 11.2. The Morgan fingerprint density at radius 2 is 1.64 bits per heavy atom. The largest absolute Gasteiger partial charge is 0.494 e. The monoisotopic (exact) mass is 466 g/mol. The van der Waals surface area contributed by atoms with Gasteiger partial charge in [0.15, 0.2) is 0 Å². The molecular formula is C26H30N2O4S. The van der Waals surface area contributed by atoms with Crippen molar-refractivity contribution in [3.05, 3.63) is 89.0 Å². The summed E-state index contributed by atoms with van der Waals surface area (Å²) in [6.45, 7) is 7.98. The summed E-state index contributed by atoms with van der Waals surface area (Å²) in [7, 11) is -3.96. The first kappa shape index (κ1) is 24.3. The van der Waals surface area contributed by atoms with Gasteiger partial charge in [0.2, 0.25) is 5.91 Å². The van der Waals surface area contributed by atoms with Crippen molar-refractivity contribution >= 4 is 21.6 Å². The van der Waals surface area contributed by atoms with Gasteiger partial charge in [-0.2, -0.15) is 0 Å². The van der Waals surface area contributed by atoms with Crippen molar-refractivity contribution in [2.45, 2.75) is 39.1 Å². The molecule has 0 bridgehead atoms. The summed E-state index contributed by atoms with van der Waals surface area (Å²) in [5, 5.41) is 2.84. The Morgan fingerprint density at radius 3 is 2.33 bits per heavy atom. The van der Waals surface area contributed by atoms with Crippen molar-refractivity contribution in [2.24, 2.45) is 0 Å². The lowest BCUT2D eigenvalue weighted by molar-refractivity contribution is -0.119. The summed E-state index contributed by atoms with van der Waals surface area (Å²) in [4.78, 5) is 13.1. The predicted molar refractivity (Wildman–Crippen MR) is 131 cm³/mol. The smallest absolute Gasteiger partial charge is 0.264 e. The third-order valence-electron chi connectivity index (χ3n) is 5.49. The fraction of sp³-hybridized carbons (Fsp3) is 0.269. The quantitative estimate of drug-likeness (QED) is 0.503. The van der Waals surface area contributed by atoms with Crippen LogP contribution in [0.4, 0.5) is 5.69 Å². The van der Waals surface area contributed by atoms with Gasteiger partial charge >= 0.3 is 0 Å². The maximum absolute atomic E-state index is 13.6. The van der Waals surface area contributed by atoms with Crippen LogP contribution in [0.15, 0.2) is 71.6 Å². The van der Waals surface area contributed by atoms with Crippen molar-refractivity contribution in [2.75, 3.05) is 17.5 Å². The van der Waals surface area contributed by atoms with Crippen molar-refractivity contribution in [1.29, 1.82) is 0 Å². The van der Waals surface area contributed by atoms with Crippen LogP contribution in [-0.4, -0.2) is 27.5 Å². The van der Waals surface area contributed by atoms with E-state index in [1.165, 1.54) is 4.31 Å². The average molecular weight is 467 g/mol. The van der Waals surface area contributed by atoms with Crippen LogP contribution < -0.4 is 14.4 Å². The number of hydrogen-bond donors (Lipinski definition) is 1. The molecule has 3 aromatic carbocycles. The first-order valence-corrected chi connectivity index (χ1v) is 12.3. The molecule has 0 aliphatic rings. The SMILES string of the molecule is CCOc1ccccc1CNC(=O)CN(c1cccc(C)c1C)S(=O)(=O)c1ccc(C)cc1. The zero-order valence-electron chi connectivity index (χ0n) is 19.5. The van der Waals surface area contributed by atoms with Gasteiger partial charge in [0.1, 0.15) is 12.3 Å². The number of hydrogen-bond acceptors (Lipinski definition) is 4. The molecule has 174 valence electrons. The van der Waals surface area contributed by atoms with Gasteiger partial charge in [-0.05, 0) is 63.1 Å². The summed E-state index contributed by atoms with van der Waals surface area (Å²) in [6.07, 6.45) is 0. The average Bonchev–Trinajstić information content (AvgIpc) is 2.79. The minimum atomic E-state index is -3.96. The molecule has 3 rings (SSSR count). The van der Waals surface area contributed by atoms with E-state index in [2.05, 4.69) is 5.32 Å². The molecule has 0 aliphatic heterocycles. The van der Waals surface area contributed by atoms with Gasteiger partial charge in [-0.25, -0.2) is 8.42 Å². The molecule has 0 spiro atoms. The van der Waals surface area contributed by atoms with E-state index in [-0.39, 0.29) is 18.0 Å². The van der Waals surface area contributed by atoms with Gasteiger partial charge in [-0.15, -0.1) is 0 Å². The number of aryl methyl sites for hydroxylation is 2. The van der Waals surface area contributed by atoms with Gasteiger partial charge in [-0.1, -0.05) is 48.0 Å². The van der Waals surface area contributed by atoms with Crippen LogP contribution in [0.1, 0.15) is 29.2 Å². The number of amides is 1. The van der Waals surface area contributed by atoms with Gasteiger partial charge in [0.25, 0.3) is 10.0 Å². The summed E-state index contributed by atoms with van der Waals surface area (Å²) in [6, 6.07) is 19.5. The van der Waals surface area contributed by atoms with Gasteiger partial charge in [-0.3, -0.25) is 9.10 Å². The lowest BCUT2D eigenvalue weighted by Crippen LogP contribution is -2.41. The Hall–Kier alpha value is -3.32. The second-order valence-corrected chi connectivity index (χ2v) is 9.72. The van der Waals surface area contributed by atoms with Gasteiger partial charge < -0.3 is 10.1 Å². The zero-order valence-corrected chi connectivity index (χ0v) is 20.3. The number of nitrogens with one attached hydrogen (secondary N) is 1. The number of sulfonamides is 1. The highest BCUT2D eigenvalue weighted by molar-refractivity contribution is 7.92. The number of anilines is 1. The first-order chi connectivity index (χ1) is 15.7. The summed E-state index contributed by atoms with van der Waals surface area (Å²) in [5.74, 6) is 0.289. The number of carbonyl (C=O) groups is 1. The van der Waals surface area contributed by atoms with Crippen LogP contribution in [0.5, 0.6) is 5.75 Å². The van der Waals surface area contributed by atoms with E-state index in [9.17, 15) is 13.2 Å². The van der Waals surface area contributed by atoms with Crippen LogP contribution in [0.3, 0.4) is 0 Å². The van der Waals surface area contributed by atoms with E-state index in [4.69, 9.17) is 4.74 Å². The molecule has 0 unspecified atom stereocenters. The highest BCUT2D eigenvalue weighted by atomic mass is 32.2. The highest BCUT2D eigenvalue weighted by Gasteiger charge is 2.28. The van der Waals surface area contributed by atoms with Crippen molar-refractivity contribution in [1.82, 2.24) is 5.32 Å². The highest BCUT2D eigenvalue weighted by Crippen LogP contribution is 2.28. The van der Waals surface area contributed by atoms with E-state index < -0.39 is 15.9 Å². The molecule has 0 heterocycles. The van der Waals surface area contributed by atoms with Crippen LogP contribution in [0.25, 0.3) is 0 Å². The molecule has 0 radical (unpaired) electrons. The molecule has 0 saturated heterocycles. The van der Waals surface area contributed by atoms with Gasteiger partial charge in [0, 0.05) is 12.1 Å². The van der Waals surface area contributed by atoms with Crippen molar-refractivity contribution in [3.8, 4) is 5.75 Å². The fourth-order valence-corrected chi connectivity index (χ4v) is 4.95. The number of benzene rings is 3. The van der Waals surface area contributed by atoms with Gasteiger partial charge in [0.05, 0.1) is 17.2 Å². The minimum absolute atomic E-state index is 0.142. The van der Waals surface area contributed by atoms with Crippen LogP contribution in [0, 0.1) is 20.8 Å². The molecule has 1 amide bonds. The minimum Gasteiger partial charge on any atom is -0.494 e. The second-order valence-electron chi connectivity index (χ2n) is 7.86. The van der Waals surface area contributed by atoms with Crippen LogP contribution in [0.2, 0.25) is 0 Å². The third-order valence-corrected chi connectivity index (χ3v) is 7.26. The Morgan fingerprint density at radius 1 is 0.939 bits per heavy atom. The number of rotatable bonds is 9. The Bertz CT molecular complexity index is 1220. The van der Waals surface area contributed by atoms with E-state index >= 15 is 0 Å². The second kappa shape index (κ2) is 10.5. The molecule has 1 N–H and O–H groups in total. The number of ether oxygens (including phenoxy) is 1. The molecule has 6 nitrogen and oxygen atoms in total. The third kappa shape index (κ3) is 5.73. The molecule has 0 aliphatic carbocycles. The molecule has 0 atom stereocenters. The zero-order chi connectivity index (χ0) is 24.0. The molecule has 0 saturated carbocycles. The number of para-hydroxylation sites is 1. The fourth-order valence-electron chi connectivity index (χ4n) is 3.47. The lowest BCUT2D eigenvalue weighted by atomic mass is 10.1. The van der Waals surface area contributed by atoms with E-state index in [0.717, 1.165) is 22.3 Å². The lowest BCUT2D eigenvalue weighted by Gasteiger charge is -2.26. The summed E-state index contributed by atoms with van der Waals surface area (Å²) < 4.78 is 34.0. The van der Waals surface area contributed by atoms with Crippen LogP contribution >= 0.6 is 0 Å². The maximum atomic E-state index is 13.6. The van der Waals surface area contributed by atoms with Crippen molar-refractivity contribution in [3.63, 3.8) is 0 Å². The Balaban J connectivity index is 1.90.